The van der Waals surface area contributed by atoms with Crippen molar-refractivity contribution in [2.45, 2.75) is 25.9 Å². The zero-order chi connectivity index (χ0) is 4.99. The summed E-state index contributed by atoms with van der Waals surface area (Å²) < 4.78 is 0. The Hall–Kier alpha value is 0.454. The molecule has 0 aromatic heterocycles. The van der Waals surface area contributed by atoms with Crippen molar-refractivity contribution in [2.75, 3.05) is 0 Å². The molecule has 0 aliphatic carbocycles. The van der Waals surface area contributed by atoms with Crippen LogP contribution in [0.4, 0.5) is 0 Å². The summed E-state index contributed by atoms with van der Waals surface area (Å²) in [6, 6.07) is 0. The molecular formula is C5H11NiO-. The summed E-state index contributed by atoms with van der Waals surface area (Å²) in [4.78, 5) is 0. The van der Waals surface area contributed by atoms with E-state index in [9.17, 15) is 0 Å². The van der Waals surface area contributed by atoms with Gasteiger partial charge >= 0.3 is 0 Å². The van der Waals surface area contributed by atoms with E-state index < -0.39 is 0 Å². The van der Waals surface area contributed by atoms with Crippen molar-refractivity contribution in [3.05, 3.63) is 6.92 Å². The molecule has 0 fully saturated rings. The number of hydrogen-bond acceptors (Lipinski definition) is 1. The van der Waals surface area contributed by atoms with Crippen molar-refractivity contribution in [3.63, 3.8) is 0 Å². The molecule has 48 valence electrons. The molecule has 0 radical (unpaired) electrons. The van der Waals surface area contributed by atoms with E-state index in [4.69, 9.17) is 5.11 Å². The molecule has 0 aromatic carbocycles. The van der Waals surface area contributed by atoms with E-state index in [2.05, 4.69) is 6.92 Å². The van der Waals surface area contributed by atoms with Crippen molar-refractivity contribution in [2.24, 2.45) is 0 Å². The maximum absolute atomic E-state index is 8.51. The number of aliphatic hydroxyl groups is 1. The Kier molecular flexibility index (Phi) is 9.62. The second-order valence-electron chi connectivity index (χ2n) is 1.49. The summed E-state index contributed by atoms with van der Waals surface area (Å²) in [7, 11) is 0. The molecule has 1 atom stereocenters. The Balaban J connectivity index is 0. The van der Waals surface area contributed by atoms with Crippen molar-refractivity contribution < 1.29 is 21.6 Å². The van der Waals surface area contributed by atoms with E-state index in [0.717, 1.165) is 12.8 Å². The van der Waals surface area contributed by atoms with Gasteiger partial charge < -0.3 is 12.0 Å². The second kappa shape index (κ2) is 6.45. The summed E-state index contributed by atoms with van der Waals surface area (Å²) in [5.41, 5.74) is 0. The van der Waals surface area contributed by atoms with Gasteiger partial charge in [0.15, 0.2) is 0 Å². The summed E-state index contributed by atoms with van der Waals surface area (Å²) in [6.07, 6.45) is 1.49. The quantitative estimate of drug-likeness (QED) is 0.454. The van der Waals surface area contributed by atoms with E-state index in [1.54, 1.807) is 6.92 Å². The summed E-state index contributed by atoms with van der Waals surface area (Å²) in [5, 5.41) is 8.51. The van der Waals surface area contributed by atoms with Crippen LogP contribution >= 0.6 is 0 Å². The van der Waals surface area contributed by atoms with Crippen LogP contribution in [0.1, 0.15) is 19.8 Å². The third kappa shape index (κ3) is 10.7. The number of rotatable bonds is 2. The third-order valence-electron chi connectivity index (χ3n) is 0.622. The molecule has 0 saturated heterocycles. The van der Waals surface area contributed by atoms with Crippen LogP contribution in [0, 0.1) is 6.92 Å². The van der Waals surface area contributed by atoms with Crippen LogP contribution in [0.15, 0.2) is 0 Å². The normalized spacial score (nSPS) is 12.4. The Morgan fingerprint density at radius 3 is 2.14 bits per heavy atom. The zero-order valence-electron chi connectivity index (χ0n) is 4.46. The van der Waals surface area contributed by atoms with Gasteiger partial charge in [-0.2, -0.15) is 6.42 Å². The molecule has 2 heteroatoms. The molecule has 1 unspecified atom stereocenters. The van der Waals surface area contributed by atoms with E-state index in [0.29, 0.717) is 0 Å². The van der Waals surface area contributed by atoms with Crippen molar-refractivity contribution in [1.82, 2.24) is 0 Å². The van der Waals surface area contributed by atoms with Crippen molar-refractivity contribution in [3.8, 4) is 0 Å². The van der Waals surface area contributed by atoms with Crippen molar-refractivity contribution >= 4 is 0 Å². The van der Waals surface area contributed by atoms with E-state index in [-0.39, 0.29) is 22.6 Å². The summed E-state index contributed by atoms with van der Waals surface area (Å²) in [6.45, 7) is 5.33. The Morgan fingerprint density at radius 1 is 1.71 bits per heavy atom. The smallest absolute Gasteiger partial charge is 0.0487 e. The van der Waals surface area contributed by atoms with Crippen LogP contribution < -0.4 is 0 Å². The predicted octanol–water partition coefficient (Wildman–Crippen LogP) is 0.979. The van der Waals surface area contributed by atoms with Gasteiger partial charge in [-0.25, -0.2) is 0 Å². The molecule has 0 aromatic rings. The van der Waals surface area contributed by atoms with Crippen LogP contribution in [0.5, 0.6) is 0 Å². The monoisotopic (exact) mass is 145 g/mol. The van der Waals surface area contributed by atoms with Gasteiger partial charge in [0.2, 0.25) is 0 Å². The number of hydrogen-bond donors (Lipinski definition) is 1. The Labute approximate surface area is 55.0 Å². The molecule has 0 amide bonds. The first kappa shape index (κ1) is 10.4. The van der Waals surface area contributed by atoms with Crippen LogP contribution in [-0.2, 0) is 16.5 Å². The van der Waals surface area contributed by atoms with Gasteiger partial charge in [-0.3, -0.25) is 0 Å². The molecular weight excluding hydrogens is 135 g/mol. The van der Waals surface area contributed by atoms with E-state index >= 15 is 0 Å². The van der Waals surface area contributed by atoms with Crippen LogP contribution in [-0.4, -0.2) is 11.2 Å². The van der Waals surface area contributed by atoms with Crippen LogP contribution in [0.25, 0.3) is 0 Å². The molecule has 0 bridgehead atoms. The molecule has 0 rings (SSSR count). The Morgan fingerprint density at radius 2 is 2.14 bits per heavy atom. The van der Waals surface area contributed by atoms with Crippen LogP contribution in [0.3, 0.4) is 0 Å². The average molecular weight is 146 g/mol. The SMILES string of the molecule is [CH2-]CCC(C)O.[Ni]. The molecule has 0 saturated carbocycles. The number of aliphatic hydroxyl groups excluding tert-OH is 1. The van der Waals surface area contributed by atoms with Crippen molar-refractivity contribution in [1.29, 1.82) is 0 Å². The molecule has 1 nitrogen and oxygen atoms in total. The fourth-order valence-corrected chi connectivity index (χ4v) is 0.295. The fraction of sp³-hybridized carbons (Fsp3) is 0.800. The topological polar surface area (TPSA) is 20.2 Å². The van der Waals surface area contributed by atoms with Gasteiger partial charge in [0.05, 0.1) is 0 Å². The average Bonchev–Trinajstić information content (AvgIpc) is 1.35. The molecule has 0 spiro atoms. The van der Waals surface area contributed by atoms with Gasteiger partial charge in [-0.1, -0.05) is 6.42 Å². The fourth-order valence-electron chi connectivity index (χ4n) is 0.295. The predicted molar refractivity (Wildman–Crippen MR) is 26.3 cm³/mol. The van der Waals surface area contributed by atoms with Gasteiger partial charge in [0.1, 0.15) is 0 Å². The summed E-state index contributed by atoms with van der Waals surface area (Å²) in [5.74, 6) is 0. The van der Waals surface area contributed by atoms with E-state index in [1.807, 2.05) is 0 Å². The van der Waals surface area contributed by atoms with Gasteiger partial charge in [0.25, 0.3) is 0 Å². The zero-order valence-corrected chi connectivity index (χ0v) is 5.45. The van der Waals surface area contributed by atoms with Gasteiger partial charge in [0, 0.05) is 22.6 Å². The largest absolute Gasteiger partial charge is 0.394 e. The minimum atomic E-state index is -0.164. The standard InChI is InChI=1S/C5H11O.Ni/c1-3-4-5(2)6;/h5-6H,1,3-4H2,2H3;/q-1;. The first-order valence-electron chi connectivity index (χ1n) is 2.24. The van der Waals surface area contributed by atoms with Gasteiger partial charge in [-0.05, 0) is 6.92 Å². The molecule has 0 aliphatic heterocycles. The maximum atomic E-state index is 8.51. The summed E-state index contributed by atoms with van der Waals surface area (Å²) >= 11 is 0. The minimum Gasteiger partial charge on any atom is -0.394 e. The van der Waals surface area contributed by atoms with E-state index in [1.165, 1.54) is 0 Å². The molecule has 0 heterocycles. The van der Waals surface area contributed by atoms with Crippen LogP contribution in [0.2, 0.25) is 0 Å². The molecule has 7 heavy (non-hydrogen) atoms. The maximum Gasteiger partial charge on any atom is 0.0487 e. The van der Waals surface area contributed by atoms with Gasteiger partial charge in [-0.15, -0.1) is 0 Å². The third-order valence-corrected chi connectivity index (χ3v) is 0.622. The first-order chi connectivity index (χ1) is 2.77. The Bertz CT molecular complexity index is 29.3. The first-order valence-corrected chi connectivity index (χ1v) is 2.24. The molecule has 0 aliphatic rings. The molecule has 1 N–H and O–H groups in total. The second-order valence-corrected chi connectivity index (χ2v) is 1.49. The minimum absolute atomic E-state index is 0.